The van der Waals surface area contributed by atoms with Crippen molar-refractivity contribution in [3.05, 3.63) is 58.4 Å². The summed E-state index contributed by atoms with van der Waals surface area (Å²) in [6, 6.07) is 13.2. The maximum atomic E-state index is 12.8. The van der Waals surface area contributed by atoms with Gasteiger partial charge in [-0.1, -0.05) is 35.9 Å². The third-order valence-corrected chi connectivity index (χ3v) is 8.33. The molecule has 3 aromatic rings. The minimum Gasteiger partial charge on any atom is -0.451 e. The van der Waals surface area contributed by atoms with Gasteiger partial charge in [-0.2, -0.15) is 4.31 Å². The van der Waals surface area contributed by atoms with Crippen LogP contribution >= 0.6 is 22.9 Å². The van der Waals surface area contributed by atoms with Crippen molar-refractivity contribution in [2.45, 2.75) is 4.90 Å². The van der Waals surface area contributed by atoms with Crippen LogP contribution in [0.15, 0.2) is 53.4 Å². The Balaban J connectivity index is 1.39. The lowest BCUT2D eigenvalue weighted by Crippen LogP contribution is -2.40. The second kappa shape index (κ2) is 9.55. The molecule has 0 radical (unpaired) electrons. The summed E-state index contributed by atoms with van der Waals surface area (Å²) in [5.41, 5.74) is 0.278. The van der Waals surface area contributed by atoms with Crippen LogP contribution in [0.2, 0.25) is 5.02 Å². The van der Waals surface area contributed by atoms with Crippen LogP contribution in [0.3, 0.4) is 0 Å². The molecule has 1 aromatic heterocycles. The van der Waals surface area contributed by atoms with Crippen LogP contribution in [-0.2, 0) is 24.3 Å². The van der Waals surface area contributed by atoms with Gasteiger partial charge in [0.2, 0.25) is 10.0 Å². The van der Waals surface area contributed by atoms with E-state index in [4.69, 9.17) is 21.1 Å². The predicted octanol–water partition coefficient (Wildman–Crippen LogP) is 3.37. The zero-order valence-electron chi connectivity index (χ0n) is 16.7. The summed E-state index contributed by atoms with van der Waals surface area (Å²) < 4.78 is 38.0. The van der Waals surface area contributed by atoms with Crippen LogP contribution in [0.5, 0.6) is 0 Å². The quantitative estimate of drug-likeness (QED) is 0.527. The topological polar surface area (TPSA) is 102 Å². The van der Waals surface area contributed by atoms with Gasteiger partial charge in [0.15, 0.2) is 6.61 Å². The average molecular weight is 495 g/mol. The summed E-state index contributed by atoms with van der Waals surface area (Å²) in [5.74, 6) is -1.30. The molecule has 0 spiro atoms. The van der Waals surface area contributed by atoms with E-state index >= 15 is 0 Å². The van der Waals surface area contributed by atoms with Crippen molar-refractivity contribution in [2.24, 2.45) is 0 Å². The molecule has 1 fully saturated rings. The number of esters is 1. The zero-order chi connectivity index (χ0) is 22.7. The molecule has 32 heavy (non-hydrogen) atoms. The van der Waals surface area contributed by atoms with Crippen molar-refractivity contribution < 1.29 is 27.5 Å². The third kappa shape index (κ3) is 4.79. The van der Waals surface area contributed by atoms with E-state index in [0.717, 1.165) is 10.1 Å². The van der Waals surface area contributed by atoms with Gasteiger partial charge in [0.25, 0.3) is 5.91 Å². The number of nitrogens with zero attached hydrogens (tertiary/aromatic N) is 1. The minimum atomic E-state index is -3.70. The number of benzene rings is 2. The molecule has 8 nitrogen and oxygen atoms in total. The molecule has 0 atom stereocenters. The van der Waals surface area contributed by atoms with Gasteiger partial charge in [-0.05, 0) is 24.3 Å². The molecule has 2 aromatic carbocycles. The van der Waals surface area contributed by atoms with Crippen molar-refractivity contribution in [3.63, 3.8) is 0 Å². The number of morpholine rings is 1. The average Bonchev–Trinajstić information content (AvgIpc) is 3.15. The summed E-state index contributed by atoms with van der Waals surface area (Å²) >= 11 is 7.45. The van der Waals surface area contributed by atoms with E-state index in [1.165, 1.54) is 33.8 Å². The van der Waals surface area contributed by atoms with E-state index in [1.807, 2.05) is 18.2 Å². The fourth-order valence-corrected chi connectivity index (χ4v) is 6.07. The normalized spacial score (nSPS) is 14.9. The molecule has 1 aliphatic rings. The first-order valence-electron chi connectivity index (χ1n) is 9.68. The molecule has 0 aliphatic carbocycles. The van der Waals surface area contributed by atoms with Crippen molar-refractivity contribution in [1.29, 1.82) is 0 Å². The number of rotatable bonds is 6. The van der Waals surface area contributed by atoms with Gasteiger partial charge < -0.3 is 14.8 Å². The number of nitrogens with one attached hydrogen (secondary N) is 1. The summed E-state index contributed by atoms with van der Waals surface area (Å²) in [6.07, 6.45) is 0. The fraction of sp³-hybridized carbons (Fsp3) is 0.238. The van der Waals surface area contributed by atoms with Crippen LogP contribution in [-0.4, -0.2) is 57.5 Å². The summed E-state index contributed by atoms with van der Waals surface area (Å²) in [6.45, 7) is 0.684. The number of thiophene rings is 1. The molecule has 0 unspecified atom stereocenters. The highest BCUT2D eigenvalue weighted by Crippen LogP contribution is 2.35. The molecule has 1 aliphatic heterocycles. The molecule has 11 heteroatoms. The number of ether oxygens (including phenoxy) is 2. The molecule has 0 saturated carbocycles. The lowest BCUT2D eigenvalue weighted by atomic mass is 10.2. The van der Waals surface area contributed by atoms with Crippen LogP contribution in [0, 0.1) is 0 Å². The molecular formula is C21H19ClN2O6S2. The van der Waals surface area contributed by atoms with Gasteiger partial charge in [-0.3, -0.25) is 4.79 Å². The summed E-state index contributed by atoms with van der Waals surface area (Å²) in [7, 11) is -3.70. The number of fused-ring (bicyclic) bond motifs is 1. The van der Waals surface area contributed by atoms with E-state index in [9.17, 15) is 18.0 Å². The van der Waals surface area contributed by atoms with E-state index < -0.39 is 28.5 Å². The molecule has 1 amide bonds. The Labute approximate surface area is 193 Å². The Kier molecular flexibility index (Phi) is 6.77. The fourth-order valence-electron chi connectivity index (χ4n) is 3.21. The molecule has 4 rings (SSSR count). The van der Waals surface area contributed by atoms with Gasteiger partial charge in [0, 0.05) is 28.9 Å². The Bertz CT molecular complexity index is 1270. The summed E-state index contributed by atoms with van der Waals surface area (Å²) in [5, 5.41) is 3.59. The van der Waals surface area contributed by atoms with Crippen LogP contribution in [0.4, 0.5) is 5.69 Å². The van der Waals surface area contributed by atoms with Crippen molar-refractivity contribution in [2.75, 3.05) is 38.2 Å². The second-order valence-corrected chi connectivity index (χ2v) is 10.3. The highest BCUT2D eigenvalue weighted by Gasteiger charge is 2.26. The van der Waals surface area contributed by atoms with Crippen molar-refractivity contribution >= 4 is 60.6 Å². The number of halogens is 1. The first kappa shape index (κ1) is 22.7. The molecule has 2 heterocycles. The standard InChI is InChI=1S/C21H19ClN2O6S2/c22-19-16-6-1-2-7-17(16)31-20(19)21(26)30-13-18(25)23-14-4-3-5-15(12-14)32(27,28)24-8-10-29-11-9-24/h1-7,12H,8-11,13H2,(H,23,25). The SMILES string of the molecule is O=C(COC(=O)c1sc2ccccc2c1Cl)Nc1cccc(S(=O)(=O)N2CCOCC2)c1. The number of anilines is 1. The monoisotopic (exact) mass is 494 g/mol. The number of sulfonamides is 1. The van der Waals surface area contributed by atoms with Crippen molar-refractivity contribution in [1.82, 2.24) is 4.31 Å². The number of hydrogen-bond donors (Lipinski definition) is 1. The lowest BCUT2D eigenvalue weighted by molar-refractivity contribution is -0.119. The first-order chi connectivity index (χ1) is 15.4. The van der Waals surface area contributed by atoms with Gasteiger partial charge >= 0.3 is 5.97 Å². The minimum absolute atomic E-state index is 0.0613. The molecule has 0 bridgehead atoms. The number of carbonyl (C=O) groups is 2. The van der Waals surface area contributed by atoms with E-state index in [1.54, 1.807) is 12.1 Å². The first-order valence-corrected chi connectivity index (χ1v) is 12.3. The molecular weight excluding hydrogens is 476 g/mol. The third-order valence-electron chi connectivity index (χ3n) is 4.78. The van der Waals surface area contributed by atoms with Crippen LogP contribution in [0.1, 0.15) is 9.67 Å². The maximum absolute atomic E-state index is 12.8. The number of carbonyl (C=O) groups excluding carboxylic acids is 2. The predicted molar refractivity (Wildman–Crippen MR) is 122 cm³/mol. The highest BCUT2D eigenvalue weighted by atomic mass is 35.5. The maximum Gasteiger partial charge on any atom is 0.350 e. The van der Waals surface area contributed by atoms with E-state index in [-0.39, 0.29) is 33.6 Å². The molecule has 1 N–H and O–H groups in total. The number of hydrogen-bond acceptors (Lipinski definition) is 7. The van der Waals surface area contributed by atoms with Crippen LogP contribution in [0.25, 0.3) is 10.1 Å². The Morgan fingerprint density at radius 1 is 1.12 bits per heavy atom. The second-order valence-electron chi connectivity index (χ2n) is 6.91. The van der Waals surface area contributed by atoms with E-state index in [2.05, 4.69) is 5.32 Å². The zero-order valence-corrected chi connectivity index (χ0v) is 19.1. The molecule has 1 saturated heterocycles. The Hall–Kier alpha value is -2.50. The summed E-state index contributed by atoms with van der Waals surface area (Å²) in [4.78, 5) is 24.9. The smallest absolute Gasteiger partial charge is 0.350 e. The van der Waals surface area contributed by atoms with Gasteiger partial charge in [0.1, 0.15) is 4.88 Å². The molecule has 168 valence electrons. The van der Waals surface area contributed by atoms with Gasteiger partial charge in [-0.15, -0.1) is 11.3 Å². The van der Waals surface area contributed by atoms with E-state index in [0.29, 0.717) is 13.2 Å². The van der Waals surface area contributed by atoms with Crippen molar-refractivity contribution in [3.8, 4) is 0 Å². The Morgan fingerprint density at radius 2 is 1.88 bits per heavy atom. The number of amides is 1. The highest BCUT2D eigenvalue weighted by molar-refractivity contribution is 7.89. The lowest BCUT2D eigenvalue weighted by Gasteiger charge is -2.26. The van der Waals surface area contributed by atoms with Gasteiger partial charge in [0.05, 0.1) is 23.1 Å². The Morgan fingerprint density at radius 3 is 2.62 bits per heavy atom. The largest absolute Gasteiger partial charge is 0.451 e. The van der Waals surface area contributed by atoms with Gasteiger partial charge in [-0.25, -0.2) is 13.2 Å². The van der Waals surface area contributed by atoms with Crippen LogP contribution < -0.4 is 5.32 Å².